The molecule has 1 aliphatic rings. The number of hydrogen-bond donors (Lipinski definition) is 2. The third-order valence-corrected chi connectivity index (χ3v) is 3.84. The Balaban J connectivity index is 1.81. The Labute approximate surface area is 94.1 Å². The van der Waals surface area contributed by atoms with Crippen molar-refractivity contribution in [2.24, 2.45) is 0 Å². The van der Waals surface area contributed by atoms with Gasteiger partial charge in [0.05, 0.1) is 0 Å². The number of hydrogen-bond acceptors (Lipinski definition) is 5. The molecule has 1 atom stereocenters. The fourth-order valence-electron chi connectivity index (χ4n) is 1.63. The predicted octanol–water partition coefficient (Wildman–Crippen LogP) is 1.76. The van der Waals surface area contributed by atoms with Gasteiger partial charge in [0.25, 0.3) is 0 Å². The average molecular weight is 224 g/mol. The van der Waals surface area contributed by atoms with Gasteiger partial charge in [-0.1, -0.05) is 6.42 Å². The van der Waals surface area contributed by atoms with Crippen molar-refractivity contribution in [1.82, 2.24) is 9.97 Å². The molecule has 1 saturated heterocycles. The Kier molecular flexibility index (Phi) is 3.66. The van der Waals surface area contributed by atoms with Crippen molar-refractivity contribution in [3.63, 3.8) is 0 Å². The summed E-state index contributed by atoms with van der Waals surface area (Å²) in [6, 6.07) is 1.69. The summed E-state index contributed by atoms with van der Waals surface area (Å²) in [6.45, 7) is 0.939. The van der Waals surface area contributed by atoms with E-state index in [4.69, 9.17) is 5.73 Å². The lowest BCUT2D eigenvalue weighted by Gasteiger charge is -2.21. The largest absolute Gasteiger partial charge is 0.384 e. The van der Waals surface area contributed by atoms with Crippen molar-refractivity contribution in [2.75, 3.05) is 23.3 Å². The van der Waals surface area contributed by atoms with Gasteiger partial charge in [-0.3, -0.25) is 0 Å². The fraction of sp³-hybridized carbons (Fsp3) is 0.600. The Morgan fingerprint density at radius 1 is 1.53 bits per heavy atom. The molecule has 0 bridgehead atoms. The van der Waals surface area contributed by atoms with E-state index in [1.807, 2.05) is 11.8 Å². The molecule has 0 amide bonds. The van der Waals surface area contributed by atoms with E-state index in [1.54, 1.807) is 12.3 Å². The van der Waals surface area contributed by atoms with E-state index in [0.717, 1.165) is 6.54 Å². The lowest BCUT2D eigenvalue weighted by molar-refractivity contribution is 0.676. The van der Waals surface area contributed by atoms with Crippen LogP contribution in [0.15, 0.2) is 12.3 Å². The van der Waals surface area contributed by atoms with Crippen LogP contribution in [-0.4, -0.2) is 27.5 Å². The Morgan fingerprint density at radius 2 is 2.47 bits per heavy atom. The number of nitrogens with two attached hydrogens (primary N) is 1. The molecule has 82 valence electrons. The summed E-state index contributed by atoms with van der Waals surface area (Å²) < 4.78 is 0. The second-order valence-corrected chi connectivity index (χ2v) is 5.08. The molecule has 0 aliphatic carbocycles. The number of nitrogen functional groups attached to an aromatic ring is 1. The number of anilines is 2. The molecule has 0 spiro atoms. The molecule has 0 saturated carbocycles. The van der Waals surface area contributed by atoms with E-state index >= 15 is 0 Å². The maximum absolute atomic E-state index is 5.57. The third kappa shape index (κ3) is 3.27. The van der Waals surface area contributed by atoms with Gasteiger partial charge in [0.15, 0.2) is 0 Å². The zero-order chi connectivity index (χ0) is 10.5. The molecule has 1 aromatic rings. The van der Waals surface area contributed by atoms with Crippen LogP contribution < -0.4 is 11.1 Å². The smallest absolute Gasteiger partial charge is 0.224 e. The molecular formula is C10H16N4S. The van der Waals surface area contributed by atoms with Crippen LogP contribution in [0.25, 0.3) is 0 Å². The first-order valence-electron chi connectivity index (χ1n) is 5.28. The summed E-state index contributed by atoms with van der Waals surface area (Å²) >= 11 is 2.04. The van der Waals surface area contributed by atoms with Gasteiger partial charge in [0, 0.05) is 18.0 Å². The molecule has 1 unspecified atom stereocenters. The number of aromatic nitrogens is 2. The molecular weight excluding hydrogens is 208 g/mol. The quantitative estimate of drug-likeness (QED) is 0.819. The van der Waals surface area contributed by atoms with Gasteiger partial charge in [-0.25, -0.2) is 4.98 Å². The minimum absolute atomic E-state index is 0.517. The van der Waals surface area contributed by atoms with Crippen LogP contribution in [0.2, 0.25) is 0 Å². The SMILES string of the molecule is Nc1ccnc(NCC2CCCCS2)n1. The minimum atomic E-state index is 0.517. The topological polar surface area (TPSA) is 63.8 Å². The van der Waals surface area contributed by atoms with Gasteiger partial charge in [-0.15, -0.1) is 0 Å². The van der Waals surface area contributed by atoms with Crippen LogP contribution >= 0.6 is 11.8 Å². The lowest BCUT2D eigenvalue weighted by atomic mass is 10.2. The second kappa shape index (κ2) is 5.21. The molecule has 1 fully saturated rings. The predicted molar refractivity (Wildman–Crippen MR) is 65.0 cm³/mol. The molecule has 0 aromatic carbocycles. The van der Waals surface area contributed by atoms with Gasteiger partial charge < -0.3 is 11.1 Å². The average Bonchev–Trinajstić information content (AvgIpc) is 2.28. The van der Waals surface area contributed by atoms with Crippen LogP contribution in [0.1, 0.15) is 19.3 Å². The number of nitrogens with zero attached hydrogens (tertiary/aromatic N) is 2. The summed E-state index contributed by atoms with van der Waals surface area (Å²) in [5.41, 5.74) is 5.57. The van der Waals surface area contributed by atoms with Gasteiger partial charge in [-0.2, -0.15) is 16.7 Å². The molecule has 1 aliphatic heterocycles. The molecule has 4 nitrogen and oxygen atoms in total. The summed E-state index contributed by atoms with van der Waals surface area (Å²) in [5, 5.41) is 3.93. The van der Waals surface area contributed by atoms with E-state index in [0.29, 0.717) is 17.0 Å². The lowest BCUT2D eigenvalue weighted by Crippen LogP contribution is -2.21. The summed E-state index contributed by atoms with van der Waals surface area (Å²) in [7, 11) is 0. The van der Waals surface area contributed by atoms with Gasteiger partial charge in [-0.05, 0) is 24.7 Å². The summed E-state index contributed by atoms with van der Waals surface area (Å²) in [5.74, 6) is 2.44. The van der Waals surface area contributed by atoms with Crippen molar-refractivity contribution < 1.29 is 0 Å². The Hall–Kier alpha value is -0.970. The Bertz CT molecular complexity index is 312. The van der Waals surface area contributed by atoms with Crippen molar-refractivity contribution in [3.05, 3.63) is 12.3 Å². The fourth-order valence-corrected chi connectivity index (χ4v) is 2.87. The maximum Gasteiger partial charge on any atom is 0.224 e. The van der Waals surface area contributed by atoms with Gasteiger partial charge >= 0.3 is 0 Å². The van der Waals surface area contributed by atoms with E-state index in [9.17, 15) is 0 Å². The normalized spacial score (nSPS) is 21.2. The first-order valence-corrected chi connectivity index (χ1v) is 6.33. The number of thioether (sulfide) groups is 1. The number of rotatable bonds is 3. The van der Waals surface area contributed by atoms with Crippen molar-refractivity contribution in [2.45, 2.75) is 24.5 Å². The summed E-state index contributed by atoms with van der Waals surface area (Å²) in [4.78, 5) is 8.22. The molecule has 2 heterocycles. The van der Waals surface area contributed by atoms with Crippen molar-refractivity contribution >= 4 is 23.5 Å². The monoisotopic (exact) mass is 224 g/mol. The first-order chi connectivity index (χ1) is 7.34. The Morgan fingerprint density at radius 3 is 3.20 bits per heavy atom. The molecule has 2 rings (SSSR count). The van der Waals surface area contributed by atoms with E-state index in [2.05, 4.69) is 15.3 Å². The van der Waals surface area contributed by atoms with E-state index in [-0.39, 0.29) is 0 Å². The van der Waals surface area contributed by atoms with Gasteiger partial charge in [0.1, 0.15) is 5.82 Å². The molecule has 5 heteroatoms. The van der Waals surface area contributed by atoms with Crippen LogP contribution in [0.3, 0.4) is 0 Å². The van der Waals surface area contributed by atoms with Crippen LogP contribution in [0, 0.1) is 0 Å². The van der Waals surface area contributed by atoms with Crippen molar-refractivity contribution in [3.8, 4) is 0 Å². The van der Waals surface area contributed by atoms with Gasteiger partial charge in [0.2, 0.25) is 5.95 Å². The molecule has 3 N–H and O–H groups in total. The molecule has 15 heavy (non-hydrogen) atoms. The van der Waals surface area contributed by atoms with Crippen LogP contribution in [-0.2, 0) is 0 Å². The summed E-state index contributed by atoms with van der Waals surface area (Å²) in [6.07, 6.45) is 5.67. The highest BCUT2D eigenvalue weighted by atomic mass is 32.2. The zero-order valence-corrected chi connectivity index (χ0v) is 9.46. The maximum atomic E-state index is 5.57. The molecule has 0 radical (unpaired) electrons. The zero-order valence-electron chi connectivity index (χ0n) is 8.65. The highest BCUT2D eigenvalue weighted by Gasteiger charge is 2.13. The standard InChI is InChI=1S/C10H16N4S/c11-9-4-5-12-10(14-9)13-7-8-3-1-2-6-15-8/h4-5,8H,1-3,6-7H2,(H3,11,12,13,14). The third-order valence-electron chi connectivity index (χ3n) is 2.44. The van der Waals surface area contributed by atoms with Crippen LogP contribution in [0.4, 0.5) is 11.8 Å². The van der Waals surface area contributed by atoms with E-state index < -0.39 is 0 Å². The molecule has 1 aromatic heterocycles. The highest BCUT2D eigenvalue weighted by Crippen LogP contribution is 2.24. The first kappa shape index (κ1) is 10.5. The highest BCUT2D eigenvalue weighted by molar-refractivity contribution is 7.99. The number of nitrogens with one attached hydrogen (secondary N) is 1. The second-order valence-electron chi connectivity index (χ2n) is 3.67. The minimum Gasteiger partial charge on any atom is -0.384 e. The van der Waals surface area contributed by atoms with Crippen LogP contribution in [0.5, 0.6) is 0 Å². The van der Waals surface area contributed by atoms with Crippen molar-refractivity contribution in [1.29, 1.82) is 0 Å². The van der Waals surface area contributed by atoms with E-state index in [1.165, 1.54) is 25.0 Å².